The van der Waals surface area contributed by atoms with E-state index >= 15 is 0 Å². The zero-order valence-corrected chi connectivity index (χ0v) is 11.8. The van der Waals surface area contributed by atoms with Gasteiger partial charge in [-0.05, 0) is 34.1 Å². The van der Waals surface area contributed by atoms with Crippen LogP contribution in [0.5, 0.6) is 0 Å². The average molecular weight is 255 g/mol. The van der Waals surface area contributed by atoms with Gasteiger partial charge in [-0.3, -0.25) is 0 Å². The van der Waals surface area contributed by atoms with Crippen molar-refractivity contribution in [2.24, 2.45) is 0 Å². The SMILES string of the molecule is CC1OCCC1c1nnc(CNC(C)(C)C)s1. The van der Waals surface area contributed by atoms with Crippen LogP contribution in [0.25, 0.3) is 0 Å². The third-order valence-corrected chi connectivity index (χ3v) is 4.00. The highest BCUT2D eigenvalue weighted by Crippen LogP contribution is 2.32. The van der Waals surface area contributed by atoms with Gasteiger partial charge in [-0.1, -0.05) is 11.3 Å². The van der Waals surface area contributed by atoms with Gasteiger partial charge in [0.15, 0.2) is 0 Å². The van der Waals surface area contributed by atoms with E-state index < -0.39 is 0 Å². The molecule has 4 nitrogen and oxygen atoms in total. The molecule has 96 valence electrons. The molecule has 1 fully saturated rings. The van der Waals surface area contributed by atoms with E-state index in [2.05, 4.69) is 43.2 Å². The highest BCUT2D eigenvalue weighted by Gasteiger charge is 2.29. The first-order valence-corrected chi connectivity index (χ1v) is 6.96. The molecule has 1 aromatic rings. The van der Waals surface area contributed by atoms with E-state index in [9.17, 15) is 0 Å². The second-order valence-corrected chi connectivity index (χ2v) is 6.70. The van der Waals surface area contributed by atoms with Crippen molar-refractivity contribution in [3.8, 4) is 0 Å². The summed E-state index contributed by atoms with van der Waals surface area (Å²) in [5.41, 5.74) is 0.121. The van der Waals surface area contributed by atoms with E-state index in [1.165, 1.54) is 0 Å². The molecule has 0 radical (unpaired) electrons. The van der Waals surface area contributed by atoms with E-state index in [1.807, 2.05) is 0 Å². The van der Waals surface area contributed by atoms with Crippen LogP contribution in [0.1, 0.15) is 50.0 Å². The van der Waals surface area contributed by atoms with Crippen LogP contribution in [0.3, 0.4) is 0 Å². The predicted molar refractivity (Wildman–Crippen MR) is 69.3 cm³/mol. The zero-order valence-electron chi connectivity index (χ0n) is 11.0. The van der Waals surface area contributed by atoms with Crippen molar-refractivity contribution in [2.45, 2.75) is 58.2 Å². The Morgan fingerprint density at radius 1 is 1.41 bits per heavy atom. The molecule has 1 N–H and O–H groups in total. The highest BCUT2D eigenvalue weighted by molar-refractivity contribution is 7.11. The van der Waals surface area contributed by atoms with Crippen molar-refractivity contribution in [3.05, 3.63) is 10.0 Å². The maximum atomic E-state index is 5.57. The third kappa shape index (κ3) is 3.47. The molecule has 1 saturated heterocycles. The first kappa shape index (κ1) is 12.9. The Labute approximate surface area is 107 Å². The molecule has 1 aliphatic heterocycles. The Balaban J connectivity index is 1.96. The molecule has 5 heteroatoms. The van der Waals surface area contributed by atoms with Gasteiger partial charge in [0, 0.05) is 18.1 Å². The number of rotatable bonds is 3. The zero-order chi connectivity index (χ0) is 12.5. The van der Waals surface area contributed by atoms with Crippen LogP contribution in [0, 0.1) is 0 Å². The molecule has 2 atom stereocenters. The van der Waals surface area contributed by atoms with E-state index in [0.29, 0.717) is 5.92 Å². The molecule has 0 aliphatic carbocycles. The van der Waals surface area contributed by atoms with Crippen molar-refractivity contribution < 1.29 is 4.74 Å². The summed E-state index contributed by atoms with van der Waals surface area (Å²) in [7, 11) is 0. The van der Waals surface area contributed by atoms with Crippen molar-refractivity contribution >= 4 is 11.3 Å². The van der Waals surface area contributed by atoms with Crippen LogP contribution in [0.4, 0.5) is 0 Å². The fourth-order valence-corrected chi connectivity index (χ4v) is 2.89. The number of hydrogen-bond donors (Lipinski definition) is 1. The van der Waals surface area contributed by atoms with Gasteiger partial charge in [0.1, 0.15) is 10.0 Å². The summed E-state index contributed by atoms with van der Waals surface area (Å²) in [4.78, 5) is 0. The topological polar surface area (TPSA) is 47.0 Å². The molecule has 0 bridgehead atoms. The number of nitrogens with zero attached hydrogens (tertiary/aromatic N) is 2. The van der Waals surface area contributed by atoms with E-state index in [4.69, 9.17) is 4.74 Å². The van der Waals surface area contributed by atoms with E-state index in [1.54, 1.807) is 11.3 Å². The monoisotopic (exact) mass is 255 g/mol. The molecule has 2 heterocycles. The second-order valence-electron chi connectivity index (χ2n) is 5.61. The van der Waals surface area contributed by atoms with Crippen LogP contribution in [0.2, 0.25) is 0 Å². The lowest BCUT2D eigenvalue weighted by molar-refractivity contribution is 0.118. The summed E-state index contributed by atoms with van der Waals surface area (Å²) in [5.74, 6) is 0.441. The maximum absolute atomic E-state index is 5.57. The van der Waals surface area contributed by atoms with Gasteiger partial charge in [0.25, 0.3) is 0 Å². The fourth-order valence-electron chi connectivity index (χ4n) is 1.88. The van der Waals surface area contributed by atoms with Crippen LogP contribution < -0.4 is 5.32 Å². The highest BCUT2D eigenvalue weighted by atomic mass is 32.1. The molecule has 1 aromatic heterocycles. The van der Waals surface area contributed by atoms with E-state index in [0.717, 1.165) is 29.6 Å². The number of nitrogens with one attached hydrogen (secondary N) is 1. The fraction of sp³-hybridized carbons (Fsp3) is 0.833. The summed E-state index contributed by atoms with van der Waals surface area (Å²) < 4.78 is 5.57. The second kappa shape index (κ2) is 5.00. The molecule has 17 heavy (non-hydrogen) atoms. The van der Waals surface area contributed by atoms with Gasteiger partial charge >= 0.3 is 0 Å². The Morgan fingerprint density at radius 3 is 2.76 bits per heavy atom. The molecule has 0 amide bonds. The van der Waals surface area contributed by atoms with Crippen LogP contribution >= 0.6 is 11.3 Å². The average Bonchev–Trinajstić information content (AvgIpc) is 2.81. The Kier molecular flexibility index (Phi) is 3.80. The van der Waals surface area contributed by atoms with Gasteiger partial charge in [-0.15, -0.1) is 10.2 Å². The molecule has 0 saturated carbocycles. The third-order valence-electron chi connectivity index (χ3n) is 2.95. The maximum Gasteiger partial charge on any atom is 0.131 e. The number of aromatic nitrogens is 2. The molecule has 1 aliphatic rings. The number of ether oxygens (including phenoxy) is 1. The Hall–Kier alpha value is -0.520. The van der Waals surface area contributed by atoms with E-state index in [-0.39, 0.29) is 11.6 Å². The minimum atomic E-state index is 0.121. The van der Waals surface area contributed by atoms with Gasteiger partial charge in [0.2, 0.25) is 0 Å². The van der Waals surface area contributed by atoms with Crippen molar-refractivity contribution in [1.82, 2.24) is 15.5 Å². The molecule has 0 aromatic carbocycles. The lowest BCUT2D eigenvalue weighted by atomic mass is 10.0. The molecule has 0 spiro atoms. The van der Waals surface area contributed by atoms with Crippen molar-refractivity contribution in [3.63, 3.8) is 0 Å². The Morgan fingerprint density at radius 2 is 2.18 bits per heavy atom. The first-order chi connectivity index (χ1) is 7.96. The van der Waals surface area contributed by atoms with Gasteiger partial charge in [-0.25, -0.2) is 0 Å². The Bertz CT molecular complexity index is 372. The summed E-state index contributed by atoms with van der Waals surface area (Å²) in [6.07, 6.45) is 1.36. The minimum Gasteiger partial charge on any atom is -0.378 e. The van der Waals surface area contributed by atoms with Crippen LogP contribution in [-0.4, -0.2) is 28.4 Å². The first-order valence-electron chi connectivity index (χ1n) is 6.14. The molecule has 2 rings (SSSR count). The summed E-state index contributed by atoms with van der Waals surface area (Å²) in [5, 5.41) is 14.2. The molecular weight excluding hydrogens is 234 g/mol. The van der Waals surface area contributed by atoms with Gasteiger partial charge in [-0.2, -0.15) is 0 Å². The van der Waals surface area contributed by atoms with Gasteiger partial charge in [0.05, 0.1) is 12.6 Å². The lowest BCUT2D eigenvalue weighted by Crippen LogP contribution is -2.35. The quantitative estimate of drug-likeness (QED) is 0.900. The lowest BCUT2D eigenvalue weighted by Gasteiger charge is -2.19. The summed E-state index contributed by atoms with van der Waals surface area (Å²) in [6.45, 7) is 10.2. The van der Waals surface area contributed by atoms with Crippen LogP contribution in [-0.2, 0) is 11.3 Å². The van der Waals surface area contributed by atoms with Crippen molar-refractivity contribution in [1.29, 1.82) is 0 Å². The smallest absolute Gasteiger partial charge is 0.131 e. The molecular formula is C12H21N3OS. The predicted octanol–water partition coefficient (Wildman–Crippen LogP) is 2.32. The standard InChI is InChI=1S/C12H21N3OS/c1-8-9(5-6-16-8)11-15-14-10(17-11)7-13-12(2,3)4/h8-9,13H,5-7H2,1-4H3. The largest absolute Gasteiger partial charge is 0.378 e. The van der Waals surface area contributed by atoms with Crippen LogP contribution in [0.15, 0.2) is 0 Å². The normalized spacial score (nSPS) is 25.4. The minimum absolute atomic E-state index is 0.121. The molecule has 2 unspecified atom stereocenters. The van der Waals surface area contributed by atoms with Gasteiger partial charge < -0.3 is 10.1 Å². The summed E-state index contributed by atoms with van der Waals surface area (Å²) in [6, 6.07) is 0. The summed E-state index contributed by atoms with van der Waals surface area (Å²) >= 11 is 1.71. The van der Waals surface area contributed by atoms with Crippen molar-refractivity contribution in [2.75, 3.05) is 6.61 Å². The number of hydrogen-bond acceptors (Lipinski definition) is 5.